The first kappa shape index (κ1) is 31.7. The van der Waals surface area contributed by atoms with Crippen LogP contribution in [0.5, 0.6) is 0 Å². The number of hydrogen-bond acceptors (Lipinski definition) is 1. The van der Waals surface area contributed by atoms with Gasteiger partial charge in [0.05, 0.1) is 27.8 Å². The van der Waals surface area contributed by atoms with E-state index in [1.54, 1.807) is 0 Å². The van der Waals surface area contributed by atoms with Crippen molar-refractivity contribution in [1.29, 1.82) is 0 Å². The van der Waals surface area contributed by atoms with Crippen LogP contribution in [0.2, 0.25) is 0 Å². The molecule has 0 N–H and O–H groups in total. The molecule has 3 heteroatoms. The van der Waals surface area contributed by atoms with Gasteiger partial charge in [0, 0.05) is 38.0 Å². The first-order valence-electron chi connectivity index (χ1n) is 19.5. The Morgan fingerprint density at radius 2 is 0.895 bits per heavy atom. The van der Waals surface area contributed by atoms with E-state index >= 15 is 0 Å². The van der Waals surface area contributed by atoms with Gasteiger partial charge in [-0.05, 0) is 88.0 Å². The molecule has 57 heavy (non-hydrogen) atoms. The van der Waals surface area contributed by atoms with Crippen molar-refractivity contribution < 1.29 is 4.42 Å². The van der Waals surface area contributed by atoms with E-state index in [0.29, 0.717) is 0 Å². The van der Waals surface area contributed by atoms with Crippen molar-refractivity contribution in [2.24, 2.45) is 0 Å². The highest BCUT2D eigenvalue weighted by Gasteiger charge is 2.22. The van der Waals surface area contributed by atoms with Crippen LogP contribution in [0.4, 0.5) is 0 Å². The Balaban J connectivity index is 1.07. The van der Waals surface area contributed by atoms with Gasteiger partial charge in [-0.3, -0.25) is 0 Å². The number of hydrogen-bond donors (Lipinski definition) is 0. The first-order chi connectivity index (χ1) is 28.3. The Bertz CT molecular complexity index is 3490. The Kier molecular flexibility index (Phi) is 6.93. The third kappa shape index (κ3) is 4.79. The fraction of sp³-hybridized carbons (Fsp3) is 0. The van der Waals surface area contributed by atoms with E-state index in [9.17, 15) is 0 Å². The summed E-state index contributed by atoms with van der Waals surface area (Å²) in [6.07, 6.45) is 0. The summed E-state index contributed by atoms with van der Waals surface area (Å²) in [5.41, 5.74) is 15.8. The van der Waals surface area contributed by atoms with Crippen molar-refractivity contribution in [2.75, 3.05) is 0 Å². The second-order valence-corrected chi connectivity index (χ2v) is 14.9. The minimum atomic E-state index is 0.881. The largest absolute Gasteiger partial charge is 0.454 e. The smallest absolute Gasteiger partial charge is 0.160 e. The van der Waals surface area contributed by atoms with Crippen molar-refractivity contribution >= 4 is 65.6 Å². The molecule has 0 atom stereocenters. The third-order valence-corrected chi connectivity index (χ3v) is 11.7. The number of fused-ring (bicyclic) bond motifs is 9. The van der Waals surface area contributed by atoms with Crippen molar-refractivity contribution in [2.45, 2.75) is 0 Å². The average Bonchev–Trinajstić information content (AvgIpc) is 3.95. The topological polar surface area (TPSA) is 23.0 Å². The lowest BCUT2D eigenvalue weighted by Gasteiger charge is -2.12. The van der Waals surface area contributed by atoms with E-state index in [2.05, 4.69) is 215 Å². The molecule has 0 amide bonds. The van der Waals surface area contributed by atoms with Crippen LogP contribution < -0.4 is 0 Å². The molecule has 0 aliphatic heterocycles. The summed E-state index contributed by atoms with van der Waals surface area (Å²) in [4.78, 5) is 0. The van der Waals surface area contributed by atoms with Crippen LogP contribution in [0.1, 0.15) is 0 Å². The van der Waals surface area contributed by atoms with E-state index in [0.717, 1.165) is 55.5 Å². The molecule has 3 aromatic heterocycles. The maximum absolute atomic E-state index is 6.86. The number of para-hydroxylation sites is 4. The zero-order valence-corrected chi connectivity index (χ0v) is 30.9. The first-order valence-corrected chi connectivity index (χ1v) is 19.5. The normalized spacial score (nSPS) is 11.9. The molecule has 0 unspecified atom stereocenters. The van der Waals surface area contributed by atoms with Crippen LogP contribution in [-0.4, -0.2) is 9.13 Å². The number of rotatable bonds is 5. The molecule has 0 saturated heterocycles. The monoisotopic (exact) mass is 726 g/mol. The molecule has 3 heterocycles. The number of furan rings is 1. The SMILES string of the molecule is c1ccc(-c2ccc(-c3ccc(-n4c5ccccc5c5cc(-c6cccc7c6c6ccccc6n7-c6ccccc6)ccc54)c4oc5ccccc5c34)cc2)cc1. The summed E-state index contributed by atoms with van der Waals surface area (Å²) in [6, 6.07) is 74.3. The summed E-state index contributed by atoms with van der Waals surface area (Å²) in [5, 5.41) is 7.16. The predicted octanol–water partition coefficient (Wildman–Crippen LogP) is 14.8. The van der Waals surface area contributed by atoms with Gasteiger partial charge >= 0.3 is 0 Å². The van der Waals surface area contributed by atoms with E-state index < -0.39 is 0 Å². The molecule has 12 aromatic rings. The second-order valence-electron chi connectivity index (χ2n) is 14.9. The maximum Gasteiger partial charge on any atom is 0.160 e. The molecule has 0 saturated carbocycles. The Hall–Kier alpha value is -7.62. The van der Waals surface area contributed by atoms with E-state index in [1.807, 2.05) is 0 Å². The molecule has 0 aliphatic rings. The van der Waals surface area contributed by atoms with Crippen LogP contribution in [0.25, 0.3) is 110 Å². The highest BCUT2D eigenvalue weighted by Crippen LogP contribution is 2.44. The summed E-state index contributed by atoms with van der Waals surface area (Å²) >= 11 is 0. The van der Waals surface area contributed by atoms with Gasteiger partial charge in [-0.1, -0.05) is 152 Å². The van der Waals surface area contributed by atoms with Crippen LogP contribution in [-0.2, 0) is 0 Å². The minimum Gasteiger partial charge on any atom is -0.454 e. The zero-order chi connectivity index (χ0) is 37.5. The van der Waals surface area contributed by atoms with Gasteiger partial charge < -0.3 is 13.6 Å². The lowest BCUT2D eigenvalue weighted by atomic mass is 9.96. The molecule has 9 aromatic carbocycles. The molecule has 0 radical (unpaired) electrons. The van der Waals surface area contributed by atoms with Crippen molar-refractivity contribution in [3.63, 3.8) is 0 Å². The van der Waals surface area contributed by atoms with Crippen molar-refractivity contribution in [1.82, 2.24) is 9.13 Å². The molecule has 12 rings (SSSR count). The van der Waals surface area contributed by atoms with E-state index in [-0.39, 0.29) is 0 Å². The maximum atomic E-state index is 6.86. The molecular weight excluding hydrogens is 693 g/mol. The van der Waals surface area contributed by atoms with Gasteiger partial charge in [0.25, 0.3) is 0 Å². The van der Waals surface area contributed by atoms with E-state index in [1.165, 1.54) is 54.8 Å². The lowest BCUT2D eigenvalue weighted by molar-refractivity contribution is 0.666. The zero-order valence-electron chi connectivity index (χ0n) is 30.9. The average molecular weight is 727 g/mol. The molecular formula is C54H34N2O. The fourth-order valence-corrected chi connectivity index (χ4v) is 9.22. The number of benzene rings is 9. The summed E-state index contributed by atoms with van der Waals surface area (Å²) in [6.45, 7) is 0. The second kappa shape index (κ2) is 12.5. The highest BCUT2D eigenvalue weighted by molar-refractivity contribution is 6.19. The molecule has 266 valence electrons. The van der Waals surface area contributed by atoms with Crippen LogP contribution in [0, 0.1) is 0 Å². The number of nitrogens with zero attached hydrogens (tertiary/aromatic N) is 2. The Morgan fingerprint density at radius 3 is 1.70 bits per heavy atom. The van der Waals surface area contributed by atoms with Gasteiger partial charge in [0.2, 0.25) is 0 Å². The standard InChI is InChI=1S/C54H34N2O/c1-3-14-35(15-4-1)36-26-28-37(29-27-36)41-31-33-50(54-53(41)44-20-9-12-25-51(44)57-54)56-46-22-10-7-18-42(46)45-34-38(30-32-48(45)56)40-21-13-24-49-52(40)43-19-8-11-23-47(43)55(49)39-16-5-2-6-17-39/h1-34H. The lowest BCUT2D eigenvalue weighted by Crippen LogP contribution is -1.95. The molecule has 0 aliphatic carbocycles. The third-order valence-electron chi connectivity index (χ3n) is 11.7. The van der Waals surface area contributed by atoms with Crippen LogP contribution in [0.3, 0.4) is 0 Å². The van der Waals surface area contributed by atoms with Crippen molar-refractivity contribution in [3.8, 4) is 44.8 Å². The minimum absolute atomic E-state index is 0.881. The fourth-order valence-electron chi connectivity index (χ4n) is 9.22. The number of aromatic nitrogens is 2. The van der Waals surface area contributed by atoms with Crippen molar-refractivity contribution in [3.05, 3.63) is 206 Å². The van der Waals surface area contributed by atoms with Gasteiger partial charge in [-0.25, -0.2) is 0 Å². The van der Waals surface area contributed by atoms with E-state index in [4.69, 9.17) is 4.42 Å². The summed E-state index contributed by atoms with van der Waals surface area (Å²) in [5.74, 6) is 0. The summed E-state index contributed by atoms with van der Waals surface area (Å²) < 4.78 is 11.6. The molecule has 3 nitrogen and oxygen atoms in total. The molecule has 0 fully saturated rings. The quantitative estimate of drug-likeness (QED) is 0.173. The molecule has 0 bridgehead atoms. The highest BCUT2D eigenvalue weighted by atomic mass is 16.3. The van der Waals surface area contributed by atoms with Gasteiger partial charge in [-0.15, -0.1) is 0 Å². The van der Waals surface area contributed by atoms with Gasteiger partial charge in [0.15, 0.2) is 5.58 Å². The predicted molar refractivity (Wildman–Crippen MR) is 239 cm³/mol. The van der Waals surface area contributed by atoms with Gasteiger partial charge in [-0.2, -0.15) is 0 Å². The van der Waals surface area contributed by atoms with Crippen LogP contribution >= 0.6 is 0 Å². The molecule has 0 spiro atoms. The summed E-state index contributed by atoms with van der Waals surface area (Å²) in [7, 11) is 0. The Labute approximate surface area is 328 Å². The Morgan fingerprint density at radius 1 is 0.316 bits per heavy atom. The van der Waals surface area contributed by atoms with Crippen LogP contribution in [0.15, 0.2) is 211 Å². The van der Waals surface area contributed by atoms with Gasteiger partial charge in [0.1, 0.15) is 5.58 Å².